The number of nitrogen functional groups attached to an aromatic ring is 1. The maximum Gasteiger partial charge on any atom is 0.255 e. The summed E-state index contributed by atoms with van der Waals surface area (Å²) in [6, 6.07) is 21.7. The van der Waals surface area contributed by atoms with Crippen molar-refractivity contribution in [2.24, 2.45) is 5.92 Å². The third kappa shape index (κ3) is 6.12. The van der Waals surface area contributed by atoms with Crippen LogP contribution < -0.4 is 10.5 Å². The Morgan fingerprint density at radius 2 is 1.44 bits per heavy atom. The predicted molar refractivity (Wildman–Crippen MR) is 153 cm³/mol. The number of carbonyl (C=O) groups excluding carboxylic acids is 1. The van der Waals surface area contributed by atoms with E-state index in [0.29, 0.717) is 33.9 Å². The highest BCUT2D eigenvalue weighted by molar-refractivity contribution is 7.91. The average molecular weight is 548 g/mol. The van der Waals surface area contributed by atoms with Crippen molar-refractivity contribution < 1.29 is 17.9 Å². The fourth-order valence-electron chi connectivity index (χ4n) is 5.85. The molecule has 5 rings (SSSR count). The lowest BCUT2D eigenvalue weighted by atomic mass is 9.88. The molecule has 0 saturated carbocycles. The zero-order chi connectivity index (χ0) is 27.4. The Hall–Kier alpha value is -3.36. The summed E-state index contributed by atoms with van der Waals surface area (Å²) in [6.45, 7) is 3.67. The molecule has 2 heterocycles. The van der Waals surface area contributed by atoms with Crippen LogP contribution in [0.25, 0.3) is 0 Å². The molecule has 2 aliphatic heterocycles. The van der Waals surface area contributed by atoms with E-state index >= 15 is 0 Å². The van der Waals surface area contributed by atoms with Gasteiger partial charge in [0.25, 0.3) is 5.91 Å². The molecule has 0 radical (unpaired) electrons. The summed E-state index contributed by atoms with van der Waals surface area (Å²) < 4.78 is 31.1. The van der Waals surface area contributed by atoms with E-state index in [1.165, 1.54) is 5.56 Å². The van der Waals surface area contributed by atoms with Gasteiger partial charge in [-0.15, -0.1) is 0 Å². The van der Waals surface area contributed by atoms with E-state index in [1.54, 1.807) is 49.6 Å². The highest BCUT2D eigenvalue weighted by atomic mass is 32.2. The van der Waals surface area contributed by atoms with Crippen molar-refractivity contribution in [1.29, 1.82) is 0 Å². The molecule has 2 N–H and O–H groups in total. The van der Waals surface area contributed by atoms with Gasteiger partial charge in [0.1, 0.15) is 5.75 Å². The van der Waals surface area contributed by atoms with Crippen molar-refractivity contribution in [2.75, 3.05) is 39.0 Å². The van der Waals surface area contributed by atoms with Gasteiger partial charge < -0.3 is 20.3 Å². The topological polar surface area (TPSA) is 92.9 Å². The standard InChI is InChI=1S/C31H37N3O4S/c1-38-26-8-12-28(13-9-26)39(36,37)27-10-6-23(7-11-27)22-24-14-18-33(19-15-24)25-16-20-34(21-17-25)31(35)29-4-2-3-5-30(29)32/h2-13,24-25H,14-22,32H2,1H3. The number of anilines is 1. The third-order valence-corrected chi connectivity index (χ3v) is 10.0. The summed E-state index contributed by atoms with van der Waals surface area (Å²) in [5.74, 6) is 1.26. The highest BCUT2D eigenvalue weighted by Crippen LogP contribution is 2.28. The van der Waals surface area contributed by atoms with E-state index in [1.807, 2.05) is 35.2 Å². The summed E-state index contributed by atoms with van der Waals surface area (Å²) in [7, 11) is -2.00. The van der Waals surface area contributed by atoms with Crippen LogP contribution in [-0.2, 0) is 16.3 Å². The third-order valence-electron chi connectivity index (χ3n) is 8.24. The molecule has 2 fully saturated rings. The van der Waals surface area contributed by atoms with Gasteiger partial charge in [0.05, 0.1) is 22.5 Å². The number of benzene rings is 3. The largest absolute Gasteiger partial charge is 0.497 e. The van der Waals surface area contributed by atoms with Crippen LogP contribution in [0.4, 0.5) is 5.69 Å². The minimum absolute atomic E-state index is 0.0353. The Kier molecular flexibility index (Phi) is 8.23. The number of sulfone groups is 1. The fourth-order valence-corrected chi connectivity index (χ4v) is 7.11. The Balaban J connectivity index is 1.10. The Morgan fingerprint density at radius 3 is 2.03 bits per heavy atom. The van der Waals surface area contributed by atoms with E-state index in [9.17, 15) is 13.2 Å². The van der Waals surface area contributed by atoms with Crippen molar-refractivity contribution in [3.63, 3.8) is 0 Å². The summed E-state index contributed by atoms with van der Waals surface area (Å²) in [5, 5.41) is 0. The van der Waals surface area contributed by atoms with E-state index in [4.69, 9.17) is 10.5 Å². The zero-order valence-corrected chi connectivity index (χ0v) is 23.3. The Bertz CT molecular complexity index is 1370. The van der Waals surface area contributed by atoms with Gasteiger partial charge in [-0.2, -0.15) is 0 Å². The predicted octanol–water partition coefficient (Wildman–Crippen LogP) is 4.67. The number of carbonyl (C=O) groups is 1. The summed E-state index contributed by atoms with van der Waals surface area (Å²) in [4.78, 5) is 18.0. The molecule has 7 nitrogen and oxygen atoms in total. The number of amides is 1. The lowest BCUT2D eigenvalue weighted by Gasteiger charge is -2.42. The lowest BCUT2D eigenvalue weighted by Crippen LogP contribution is -2.49. The van der Waals surface area contributed by atoms with E-state index in [2.05, 4.69) is 4.90 Å². The molecule has 2 aliphatic rings. The number of rotatable bonds is 7. The fraction of sp³-hybridized carbons (Fsp3) is 0.387. The number of nitrogens with zero attached hydrogens (tertiary/aromatic N) is 2. The molecule has 1 amide bonds. The van der Waals surface area contributed by atoms with E-state index in [-0.39, 0.29) is 10.8 Å². The van der Waals surface area contributed by atoms with Gasteiger partial charge in [-0.25, -0.2) is 8.42 Å². The SMILES string of the molecule is COc1ccc(S(=O)(=O)c2ccc(CC3CCN(C4CCN(C(=O)c5ccccc5N)CC4)CC3)cc2)cc1. The molecular formula is C31H37N3O4S. The number of piperidine rings is 2. The molecule has 8 heteroatoms. The van der Waals surface area contributed by atoms with Crippen molar-refractivity contribution in [1.82, 2.24) is 9.80 Å². The molecule has 0 aromatic heterocycles. The minimum atomic E-state index is -3.55. The molecule has 0 atom stereocenters. The van der Waals surface area contributed by atoms with Crippen LogP contribution in [-0.4, -0.2) is 63.5 Å². The number of nitrogens with two attached hydrogens (primary N) is 1. The van der Waals surface area contributed by atoms with Gasteiger partial charge in [0.2, 0.25) is 9.84 Å². The maximum absolute atomic E-state index is 13.0. The van der Waals surface area contributed by atoms with Crippen molar-refractivity contribution in [2.45, 2.75) is 47.9 Å². The van der Waals surface area contributed by atoms with Gasteiger partial charge in [0, 0.05) is 24.8 Å². The van der Waals surface area contributed by atoms with Crippen LogP contribution in [0.3, 0.4) is 0 Å². The first-order chi connectivity index (χ1) is 18.8. The summed E-state index contributed by atoms with van der Waals surface area (Å²) >= 11 is 0. The smallest absolute Gasteiger partial charge is 0.255 e. The molecule has 2 saturated heterocycles. The maximum atomic E-state index is 13.0. The highest BCUT2D eigenvalue weighted by Gasteiger charge is 2.30. The van der Waals surface area contributed by atoms with E-state index in [0.717, 1.165) is 58.3 Å². The van der Waals surface area contributed by atoms with Crippen LogP contribution >= 0.6 is 0 Å². The first kappa shape index (κ1) is 27.2. The molecule has 0 unspecified atom stereocenters. The normalized spacial score (nSPS) is 17.7. The van der Waals surface area contributed by atoms with Crippen LogP contribution in [0.1, 0.15) is 41.6 Å². The van der Waals surface area contributed by atoms with Gasteiger partial charge >= 0.3 is 0 Å². The molecule has 0 bridgehead atoms. The average Bonchev–Trinajstić information content (AvgIpc) is 2.98. The molecule has 206 valence electrons. The number of methoxy groups -OCH3 is 1. The molecule has 3 aromatic rings. The number of para-hydroxylation sites is 1. The molecule has 0 aliphatic carbocycles. The molecule has 0 spiro atoms. The van der Waals surface area contributed by atoms with Gasteiger partial charge in [0.15, 0.2) is 0 Å². The lowest BCUT2D eigenvalue weighted by molar-refractivity contribution is 0.0553. The first-order valence-electron chi connectivity index (χ1n) is 13.7. The quantitative estimate of drug-likeness (QED) is 0.432. The van der Waals surface area contributed by atoms with Gasteiger partial charge in [-0.1, -0.05) is 24.3 Å². The van der Waals surface area contributed by atoms with E-state index < -0.39 is 9.84 Å². The molecular weight excluding hydrogens is 510 g/mol. The van der Waals surface area contributed by atoms with Crippen molar-refractivity contribution in [3.05, 3.63) is 83.9 Å². The van der Waals surface area contributed by atoms with Crippen LogP contribution in [0, 0.1) is 5.92 Å². The number of ether oxygens (including phenoxy) is 1. The summed E-state index contributed by atoms with van der Waals surface area (Å²) in [5.41, 5.74) is 8.33. The number of hydrogen-bond donors (Lipinski definition) is 1. The number of likely N-dealkylation sites (tertiary alicyclic amines) is 2. The van der Waals surface area contributed by atoms with Gasteiger partial charge in [-0.05, 0) is 105 Å². The zero-order valence-electron chi connectivity index (χ0n) is 22.5. The monoisotopic (exact) mass is 547 g/mol. The number of hydrogen-bond acceptors (Lipinski definition) is 6. The second kappa shape index (κ2) is 11.8. The summed E-state index contributed by atoms with van der Waals surface area (Å²) in [6.07, 6.45) is 5.21. The molecule has 39 heavy (non-hydrogen) atoms. The molecule has 3 aromatic carbocycles. The second-order valence-corrected chi connectivity index (χ2v) is 12.6. The Morgan fingerprint density at radius 1 is 0.846 bits per heavy atom. The van der Waals surface area contributed by atoms with Crippen molar-refractivity contribution in [3.8, 4) is 5.75 Å². The minimum Gasteiger partial charge on any atom is -0.497 e. The van der Waals surface area contributed by atoms with Crippen LogP contribution in [0.15, 0.2) is 82.6 Å². The van der Waals surface area contributed by atoms with Crippen LogP contribution in [0.5, 0.6) is 5.75 Å². The second-order valence-electron chi connectivity index (χ2n) is 10.6. The first-order valence-corrected chi connectivity index (χ1v) is 15.2. The Labute approximate surface area is 231 Å². The van der Waals surface area contributed by atoms with Crippen LogP contribution in [0.2, 0.25) is 0 Å². The van der Waals surface area contributed by atoms with Crippen molar-refractivity contribution >= 4 is 21.4 Å². The van der Waals surface area contributed by atoms with Gasteiger partial charge in [-0.3, -0.25) is 4.79 Å².